The minimum Gasteiger partial charge on any atom is -0.497 e. The number of nitrogens with one attached hydrogen (secondary N) is 2. The monoisotopic (exact) mass is 418 g/mol. The highest BCUT2D eigenvalue weighted by Crippen LogP contribution is 2.20. The fourth-order valence-electron chi connectivity index (χ4n) is 2.44. The number of aromatic nitrogens is 2. The number of thioether (sulfide) groups is 1. The molecule has 146 valence electrons. The first-order chi connectivity index (χ1) is 13.5. The first-order valence-corrected chi connectivity index (χ1v) is 10.2. The highest BCUT2D eigenvalue weighted by atomic mass is 32.2. The van der Waals surface area contributed by atoms with Crippen LogP contribution in [0.15, 0.2) is 45.7 Å². The quantitative estimate of drug-likeness (QED) is 0.471. The van der Waals surface area contributed by atoms with Crippen LogP contribution in [0.4, 0.5) is 10.5 Å². The van der Waals surface area contributed by atoms with Crippen molar-refractivity contribution in [3.05, 3.63) is 46.1 Å². The van der Waals surface area contributed by atoms with E-state index >= 15 is 0 Å². The predicted octanol–water partition coefficient (Wildman–Crippen LogP) is 2.93. The number of benzene rings is 1. The summed E-state index contributed by atoms with van der Waals surface area (Å²) in [7, 11) is 1.55. The van der Waals surface area contributed by atoms with Crippen LogP contribution in [0.1, 0.15) is 6.92 Å². The predicted molar refractivity (Wildman–Crippen MR) is 110 cm³/mol. The van der Waals surface area contributed by atoms with Gasteiger partial charge in [0.05, 0.1) is 18.4 Å². The molecule has 2 aromatic heterocycles. The Labute approximate surface area is 168 Å². The molecule has 8 nitrogen and oxygen atoms in total. The number of ether oxygens (including phenoxy) is 1. The van der Waals surface area contributed by atoms with E-state index in [-0.39, 0.29) is 11.3 Å². The van der Waals surface area contributed by atoms with Gasteiger partial charge in [0.2, 0.25) is 5.91 Å². The Hall–Kier alpha value is -2.85. The number of amides is 3. The van der Waals surface area contributed by atoms with Gasteiger partial charge in [-0.3, -0.25) is 19.5 Å². The van der Waals surface area contributed by atoms with E-state index in [9.17, 15) is 14.4 Å². The lowest BCUT2D eigenvalue weighted by Gasteiger charge is -2.10. The second-order valence-corrected chi connectivity index (χ2v) is 7.46. The van der Waals surface area contributed by atoms with Crippen LogP contribution >= 0.6 is 23.1 Å². The van der Waals surface area contributed by atoms with Gasteiger partial charge in [0.25, 0.3) is 5.56 Å². The van der Waals surface area contributed by atoms with Gasteiger partial charge in [0.15, 0.2) is 5.16 Å². The van der Waals surface area contributed by atoms with Crippen LogP contribution in [0, 0.1) is 0 Å². The fourth-order valence-corrected chi connectivity index (χ4v) is 4.08. The Kier molecular flexibility index (Phi) is 6.32. The molecule has 0 saturated heterocycles. The number of hydrogen-bond acceptors (Lipinski definition) is 7. The molecule has 10 heteroatoms. The van der Waals surface area contributed by atoms with Gasteiger partial charge in [-0.15, -0.1) is 11.3 Å². The zero-order valence-electron chi connectivity index (χ0n) is 15.2. The zero-order chi connectivity index (χ0) is 20.1. The van der Waals surface area contributed by atoms with Gasteiger partial charge in [-0.2, -0.15) is 0 Å². The topological polar surface area (TPSA) is 102 Å². The van der Waals surface area contributed by atoms with Gasteiger partial charge < -0.3 is 10.1 Å². The van der Waals surface area contributed by atoms with Crippen LogP contribution in [0.5, 0.6) is 5.75 Å². The first-order valence-electron chi connectivity index (χ1n) is 8.37. The molecule has 3 rings (SSSR count). The maximum atomic E-state index is 12.5. The van der Waals surface area contributed by atoms with E-state index < -0.39 is 11.9 Å². The van der Waals surface area contributed by atoms with Gasteiger partial charge in [-0.05, 0) is 42.6 Å². The first kappa shape index (κ1) is 19.9. The molecule has 0 fully saturated rings. The third-order valence-corrected chi connectivity index (χ3v) is 5.65. The van der Waals surface area contributed by atoms with Crippen molar-refractivity contribution in [3.8, 4) is 5.75 Å². The Bertz CT molecular complexity index is 1060. The number of carbonyl (C=O) groups excluding carboxylic acids is 2. The Morgan fingerprint density at radius 3 is 2.68 bits per heavy atom. The molecule has 0 unspecified atom stereocenters. The minimum atomic E-state index is -0.634. The van der Waals surface area contributed by atoms with Crippen molar-refractivity contribution in [2.24, 2.45) is 0 Å². The van der Waals surface area contributed by atoms with Crippen LogP contribution in [0.3, 0.4) is 0 Å². The molecule has 0 aliphatic rings. The summed E-state index contributed by atoms with van der Waals surface area (Å²) in [6.07, 6.45) is 0. The molecule has 0 atom stereocenters. The minimum absolute atomic E-state index is 0.0435. The summed E-state index contributed by atoms with van der Waals surface area (Å²) in [4.78, 5) is 40.9. The number of methoxy groups -OCH3 is 1. The number of carbonyl (C=O) groups is 2. The Balaban J connectivity index is 1.60. The highest BCUT2D eigenvalue weighted by molar-refractivity contribution is 7.99. The highest BCUT2D eigenvalue weighted by Gasteiger charge is 2.14. The van der Waals surface area contributed by atoms with Gasteiger partial charge in [-0.1, -0.05) is 11.8 Å². The second kappa shape index (κ2) is 8.89. The lowest BCUT2D eigenvalue weighted by atomic mass is 10.3. The number of urea groups is 1. The van der Waals surface area contributed by atoms with E-state index in [2.05, 4.69) is 15.6 Å². The number of nitrogens with zero attached hydrogens (tertiary/aromatic N) is 2. The fraction of sp³-hybridized carbons (Fsp3) is 0.222. The van der Waals surface area contributed by atoms with Crippen molar-refractivity contribution in [1.29, 1.82) is 0 Å². The van der Waals surface area contributed by atoms with Crippen LogP contribution in [-0.4, -0.2) is 34.4 Å². The van der Waals surface area contributed by atoms with Crippen LogP contribution in [-0.2, 0) is 11.3 Å². The molecule has 0 bridgehead atoms. The molecule has 0 spiro atoms. The number of thiophene rings is 1. The molecule has 2 heterocycles. The van der Waals surface area contributed by atoms with Crippen LogP contribution in [0.25, 0.3) is 10.2 Å². The van der Waals surface area contributed by atoms with Crippen molar-refractivity contribution in [1.82, 2.24) is 14.9 Å². The Morgan fingerprint density at radius 1 is 1.25 bits per heavy atom. The lowest BCUT2D eigenvalue weighted by Crippen LogP contribution is -2.35. The molecule has 3 amide bonds. The normalized spacial score (nSPS) is 10.6. The van der Waals surface area contributed by atoms with E-state index in [0.29, 0.717) is 33.4 Å². The number of fused-ring (bicyclic) bond motifs is 1. The summed E-state index contributed by atoms with van der Waals surface area (Å²) >= 11 is 2.46. The molecule has 0 radical (unpaired) electrons. The van der Waals surface area contributed by atoms with Crippen LogP contribution < -0.4 is 20.9 Å². The van der Waals surface area contributed by atoms with E-state index in [1.54, 1.807) is 37.4 Å². The molecule has 2 N–H and O–H groups in total. The number of rotatable bonds is 6. The van der Waals surface area contributed by atoms with Crippen molar-refractivity contribution >= 4 is 50.9 Å². The summed E-state index contributed by atoms with van der Waals surface area (Å²) in [6, 6.07) is 7.86. The third-order valence-electron chi connectivity index (χ3n) is 3.78. The van der Waals surface area contributed by atoms with E-state index in [1.165, 1.54) is 15.9 Å². The molecule has 3 aromatic rings. The SMILES string of the molecule is CCn1c(SCC(=O)NC(=O)Nc2ccc(OC)cc2)nc2ccsc2c1=O. The van der Waals surface area contributed by atoms with Gasteiger partial charge in [-0.25, -0.2) is 9.78 Å². The number of hydrogen-bond donors (Lipinski definition) is 2. The lowest BCUT2D eigenvalue weighted by molar-refractivity contribution is -0.117. The Morgan fingerprint density at radius 2 is 2.00 bits per heavy atom. The van der Waals surface area contributed by atoms with Crippen LogP contribution in [0.2, 0.25) is 0 Å². The zero-order valence-corrected chi connectivity index (χ0v) is 16.9. The maximum absolute atomic E-state index is 12.5. The molecule has 1 aromatic carbocycles. The summed E-state index contributed by atoms with van der Waals surface area (Å²) in [5, 5.41) is 7.08. The molecule has 0 aliphatic heterocycles. The average Bonchev–Trinajstić information content (AvgIpc) is 3.16. The van der Waals surface area contributed by atoms with E-state index in [1.807, 2.05) is 12.3 Å². The summed E-state index contributed by atoms with van der Waals surface area (Å²) in [5.74, 6) is 0.131. The standard InChI is InChI=1S/C18H18N4O4S2/c1-3-22-16(24)15-13(8-9-27-15)20-18(22)28-10-14(23)21-17(25)19-11-4-6-12(26-2)7-5-11/h4-9H,3,10H2,1-2H3,(H2,19,21,23,25). The smallest absolute Gasteiger partial charge is 0.325 e. The van der Waals surface area contributed by atoms with Crippen molar-refractivity contribution in [3.63, 3.8) is 0 Å². The average molecular weight is 419 g/mol. The summed E-state index contributed by atoms with van der Waals surface area (Å²) in [6.45, 7) is 2.29. The van der Waals surface area contributed by atoms with Crippen molar-refractivity contribution in [2.45, 2.75) is 18.6 Å². The molecule has 28 heavy (non-hydrogen) atoms. The number of imide groups is 1. The summed E-state index contributed by atoms with van der Waals surface area (Å²) in [5.41, 5.74) is 1.02. The third kappa shape index (κ3) is 4.52. The van der Waals surface area contributed by atoms with Crippen molar-refractivity contribution in [2.75, 3.05) is 18.2 Å². The van der Waals surface area contributed by atoms with Gasteiger partial charge >= 0.3 is 6.03 Å². The molecular formula is C18H18N4O4S2. The second-order valence-electron chi connectivity index (χ2n) is 5.60. The van der Waals surface area contributed by atoms with E-state index in [4.69, 9.17) is 4.74 Å². The summed E-state index contributed by atoms with van der Waals surface area (Å²) < 4.78 is 7.16. The van der Waals surface area contributed by atoms with Crippen molar-refractivity contribution < 1.29 is 14.3 Å². The maximum Gasteiger partial charge on any atom is 0.325 e. The number of anilines is 1. The molecule has 0 saturated carbocycles. The van der Waals surface area contributed by atoms with Gasteiger partial charge in [0, 0.05) is 12.2 Å². The molecular weight excluding hydrogens is 400 g/mol. The van der Waals surface area contributed by atoms with Gasteiger partial charge in [0.1, 0.15) is 10.4 Å². The largest absolute Gasteiger partial charge is 0.497 e. The molecule has 0 aliphatic carbocycles. The van der Waals surface area contributed by atoms with E-state index in [0.717, 1.165) is 11.8 Å².